The number of nitrogens with one attached hydrogen (secondary N) is 2. The zero-order valence-corrected chi connectivity index (χ0v) is 17.9. The highest BCUT2D eigenvalue weighted by molar-refractivity contribution is 9.10. The van der Waals surface area contributed by atoms with Gasteiger partial charge < -0.3 is 10.6 Å². The van der Waals surface area contributed by atoms with Crippen molar-refractivity contribution in [2.45, 2.75) is 17.1 Å². The fourth-order valence-corrected chi connectivity index (χ4v) is 3.72. The van der Waals surface area contributed by atoms with E-state index in [1.807, 2.05) is 37.3 Å². The molecule has 0 bridgehead atoms. The number of rotatable bonds is 6. The number of thioether (sulfide) groups is 1. The summed E-state index contributed by atoms with van der Waals surface area (Å²) in [6.45, 7) is 1.81. The Labute approximate surface area is 181 Å². The smallest absolute Gasteiger partial charge is 0.258 e. The van der Waals surface area contributed by atoms with Crippen LogP contribution >= 0.6 is 27.7 Å². The lowest BCUT2D eigenvalue weighted by atomic mass is 10.2. The van der Waals surface area contributed by atoms with Crippen LogP contribution in [-0.2, 0) is 4.79 Å². The van der Waals surface area contributed by atoms with E-state index in [0.29, 0.717) is 5.69 Å². The van der Waals surface area contributed by atoms with Crippen molar-refractivity contribution in [2.24, 2.45) is 0 Å². The maximum absolute atomic E-state index is 13.8. The molecule has 3 rings (SSSR count). The van der Waals surface area contributed by atoms with E-state index < -0.39 is 11.7 Å². The molecule has 0 spiro atoms. The first kappa shape index (κ1) is 21.1. The molecule has 0 aliphatic carbocycles. The van der Waals surface area contributed by atoms with Crippen LogP contribution in [0.15, 0.2) is 82.2 Å². The summed E-state index contributed by atoms with van der Waals surface area (Å²) in [6, 6.07) is 20.3. The predicted molar refractivity (Wildman–Crippen MR) is 119 cm³/mol. The van der Waals surface area contributed by atoms with Gasteiger partial charge in [-0.15, -0.1) is 11.8 Å². The summed E-state index contributed by atoms with van der Waals surface area (Å²) >= 11 is 4.73. The number of hydrogen-bond acceptors (Lipinski definition) is 3. The Bertz CT molecular complexity index is 1030. The van der Waals surface area contributed by atoms with Crippen molar-refractivity contribution in [2.75, 3.05) is 10.6 Å². The molecule has 2 N–H and O–H groups in total. The molecule has 0 saturated carbocycles. The molecule has 0 aliphatic heterocycles. The zero-order chi connectivity index (χ0) is 20.8. The monoisotopic (exact) mass is 472 g/mol. The third-order valence-electron chi connectivity index (χ3n) is 4.00. The van der Waals surface area contributed by atoms with Crippen LogP contribution in [0.25, 0.3) is 0 Å². The lowest BCUT2D eigenvalue weighted by molar-refractivity contribution is -0.115. The summed E-state index contributed by atoms with van der Waals surface area (Å²) in [4.78, 5) is 25.5. The van der Waals surface area contributed by atoms with Gasteiger partial charge in [0.05, 0.1) is 10.8 Å². The molecule has 1 unspecified atom stereocenters. The highest BCUT2D eigenvalue weighted by atomic mass is 79.9. The van der Waals surface area contributed by atoms with E-state index in [-0.39, 0.29) is 16.7 Å². The summed E-state index contributed by atoms with van der Waals surface area (Å²) in [6.07, 6.45) is 0. The van der Waals surface area contributed by atoms with Crippen molar-refractivity contribution in [1.82, 2.24) is 0 Å². The van der Waals surface area contributed by atoms with Gasteiger partial charge in [-0.3, -0.25) is 9.59 Å². The molecule has 3 aromatic carbocycles. The minimum Gasteiger partial charge on any atom is -0.325 e. The summed E-state index contributed by atoms with van der Waals surface area (Å²) in [5.74, 6) is -1.22. The van der Waals surface area contributed by atoms with Gasteiger partial charge in [0.1, 0.15) is 5.82 Å². The van der Waals surface area contributed by atoms with Gasteiger partial charge in [-0.05, 0) is 61.5 Å². The number of hydrogen-bond donors (Lipinski definition) is 2. The summed E-state index contributed by atoms with van der Waals surface area (Å²) in [5, 5.41) is 5.21. The summed E-state index contributed by atoms with van der Waals surface area (Å²) < 4.78 is 14.7. The van der Waals surface area contributed by atoms with E-state index in [9.17, 15) is 14.0 Å². The molecule has 0 aromatic heterocycles. The van der Waals surface area contributed by atoms with Crippen molar-refractivity contribution < 1.29 is 14.0 Å². The maximum Gasteiger partial charge on any atom is 0.258 e. The topological polar surface area (TPSA) is 58.2 Å². The second kappa shape index (κ2) is 9.71. The summed E-state index contributed by atoms with van der Waals surface area (Å²) in [5.41, 5.74) is 1.23. The Morgan fingerprint density at radius 1 is 0.931 bits per heavy atom. The van der Waals surface area contributed by atoms with E-state index in [2.05, 4.69) is 26.6 Å². The first-order valence-electron chi connectivity index (χ1n) is 8.81. The Morgan fingerprint density at radius 3 is 2.38 bits per heavy atom. The predicted octanol–water partition coefficient (Wildman–Crippen LogP) is 5.96. The van der Waals surface area contributed by atoms with E-state index in [0.717, 1.165) is 15.1 Å². The quantitative estimate of drug-likeness (QED) is 0.435. The molecule has 29 heavy (non-hydrogen) atoms. The number of benzene rings is 3. The molecule has 0 radical (unpaired) electrons. The van der Waals surface area contributed by atoms with Gasteiger partial charge in [0.15, 0.2) is 0 Å². The molecule has 3 aromatic rings. The SMILES string of the molecule is CC(Sc1cccc(NC(=O)c2ccccc2F)c1)C(=O)Nc1ccc(Br)cc1. The molecule has 1 atom stereocenters. The van der Waals surface area contributed by atoms with Crippen LogP contribution in [0.1, 0.15) is 17.3 Å². The van der Waals surface area contributed by atoms with Crippen LogP contribution in [-0.4, -0.2) is 17.1 Å². The Hall–Kier alpha value is -2.64. The zero-order valence-electron chi connectivity index (χ0n) is 15.5. The first-order valence-corrected chi connectivity index (χ1v) is 10.5. The molecule has 7 heteroatoms. The highest BCUT2D eigenvalue weighted by Crippen LogP contribution is 2.27. The van der Waals surface area contributed by atoms with E-state index in [1.165, 1.54) is 30.0 Å². The lowest BCUT2D eigenvalue weighted by Crippen LogP contribution is -2.22. The molecule has 0 saturated heterocycles. The van der Waals surface area contributed by atoms with Gasteiger partial charge in [0, 0.05) is 20.7 Å². The molecule has 0 fully saturated rings. The fourth-order valence-electron chi connectivity index (χ4n) is 2.53. The Balaban J connectivity index is 1.63. The van der Waals surface area contributed by atoms with E-state index >= 15 is 0 Å². The van der Waals surface area contributed by atoms with Crippen molar-refractivity contribution >= 4 is 50.9 Å². The molecule has 0 aliphatic rings. The van der Waals surface area contributed by atoms with Crippen molar-refractivity contribution in [3.63, 3.8) is 0 Å². The normalized spacial score (nSPS) is 11.6. The maximum atomic E-state index is 13.8. The largest absolute Gasteiger partial charge is 0.325 e. The van der Waals surface area contributed by atoms with Crippen LogP contribution < -0.4 is 10.6 Å². The molecular formula is C22H18BrFN2O2S. The van der Waals surface area contributed by atoms with Gasteiger partial charge in [0.25, 0.3) is 5.91 Å². The van der Waals surface area contributed by atoms with Crippen LogP contribution in [0.4, 0.5) is 15.8 Å². The second-order valence-corrected chi connectivity index (χ2v) is 8.55. The van der Waals surface area contributed by atoms with E-state index in [4.69, 9.17) is 0 Å². The molecule has 4 nitrogen and oxygen atoms in total. The van der Waals surface area contributed by atoms with Gasteiger partial charge in [-0.25, -0.2) is 4.39 Å². The fraction of sp³-hybridized carbons (Fsp3) is 0.0909. The summed E-state index contributed by atoms with van der Waals surface area (Å²) in [7, 11) is 0. The van der Waals surface area contributed by atoms with Gasteiger partial charge in [0.2, 0.25) is 5.91 Å². The second-order valence-electron chi connectivity index (χ2n) is 6.22. The van der Waals surface area contributed by atoms with Crippen LogP contribution in [0.2, 0.25) is 0 Å². The van der Waals surface area contributed by atoms with Crippen LogP contribution in [0.5, 0.6) is 0 Å². The van der Waals surface area contributed by atoms with Crippen molar-refractivity contribution in [3.8, 4) is 0 Å². The first-order chi connectivity index (χ1) is 13.9. The molecule has 2 amide bonds. The van der Waals surface area contributed by atoms with Gasteiger partial charge in [-0.2, -0.15) is 0 Å². The minimum absolute atomic E-state index is 0.0206. The number of carbonyl (C=O) groups excluding carboxylic acids is 2. The highest BCUT2D eigenvalue weighted by Gasteiger charge is 2.16. The minimum atomic E-state index is -0.575. The Kier molecular flexibility index (Phi) is 7.06. The molecule has 148 valence electrons. The van der Waals surface area contributed by atoms with Crippen molar-refractivity contribution in [3.05, 3.63) is 88.6 Å². The van der Waals surface area contributed by atoms with Crippen molar-refractivity contribution in [1.29, 1.82) is 0 Å². The average molecular weight is 473 g/mol. The van der Waals surface area contributed by atoms with Gasteiger partial charge >= 0.3 is 0 Å². The third kappa shape index (κ3) is 5.92. The van der Waals surface area contributed by atoms with Crippen LogP contribution in [0, 0.1) is 5.82 Å². The van der Waals surface area contributed by atoms with Gasteiger partial charge in [-0.1, -0.05) is 34.1 Å². The molecule has 0 heterocycles. The Morgan fingerprint density at radius 2 is 1.66 bits per heavy atom. The number of carbonyl (C=O) groups is 2. The average Bonchev–Trinajstić information content (AvgIpc) is 2.70. The standard InChI is InChI=1S/C22H18BrFN2O2S/c1-14(21(27)25-16-11-9-15(23)10-12-16)29-18-6-4-5-17(13-18)26-22(28)19-7-2-3-8-20(19)24/h2-14H,1H3,(H,25,27)(H,26,28). The van der Waals surface area contributed by atoms with E-state index in [1.54, 1.807) is 24.3 Å². The lowest BCUT2D eigenvalue weighted by Gasteiger charge is -2.13. The number of amides is 2. The molecular weight excluding hydrogens is 455 g/mol. The third-order valence-corrected chi connectivity index (χ3v) is 5.63. The van der Waals surface area contributed by atoms with Crippen LogP contribution in [0.3, 0.4) is 0 Å². The number of halogens is 2. The number of anilines is 2.